The molecule has 1 atom stereocenters. The molecule has 0 radical (unpaired) electrons. The number of thioether (sulfide) groups is 1. The van der Waals surface area contributed by atoms with E-state index in [1.165, 1.54) is 11.8 Å². The molecule has 0 bridgehead atoms. The Kier molecular flexibility index (Phi) is 5.74. The second-order valence-corrected chi connectivity index (χ2v) is 9.33. The minimum atomic E-state index is -0.484. The highest BCUT2D eigenvalue weighted by Crippen LogP contribution is 2.33. The maximum atomic E-state index is 13.0. The van der Waals surface area contributed by atoms with Crippen molar-refractivity contribution in [2.24, 2.45) is 0 Å². The number of hydrogen-bond acceptors (Lipinski definition) is 7. The molecule has 2 aromatic carbocycles. The molecule has 2 aromatic heterocycles. The van der Waals surface area contributed by atoms with Gasteiger partial charge in [0.25, 0.3) is 0 Å². The summed E-state index contributed by atoms with van der Waals surface area (Å²) in [6.07, 6.45) is 3.42. The van der Waals surface area contributed by atoms with Crippen LogP contribution in [0.1, 0.15) is 18.1 Å². The van der Waals surface area contributed by atoms with Gasteiger partial charge in [0.1, 0.15) is 13.2 Å². The van der Waals surface area contributed by atoms with Gasteiger partial charge in [-0.2, -0.15) is 0 Å². The highest BCUT2D eigenvalue weighted by Gasteiger charge is 2.21. The van der Waals surface area contributed by atoms with E-state index in [1.54, 1.807) is 46.5 Å². The minimum absolute atomic E-state index is 0.197. The quantitative estimate of drug-likeness (QED) is 0.440. The zero-order valence-electron chi connectivity index (χ0n) is 18.9. The Morgan fingerprint density at radius 3 is 2.62 bits per heavy atom. The van der Waals surface area contributed by atoms with Crippen LogP contribution >= 0.6 is 11.8 Å². The zero-order valence-corrected chi connectivity index (χ0v) is 19.8. The van der Waals surface area contributed by atoms with Crippen LogP contribution < -0.4 is 20.3 Å². The first kappa shape index (κ1) is 22.0. The van der Waals surface area contributed by atoms with Gasteiger partial charge in [0.05, 0.1) is 5.25 Å². The van der Waals surface area contributed by atoms with E-state index in [9.17, 15) is 9.59 Å². The molecular formula is C24H23N5O4S. The number of nitrogens with one attached hydrogen (secondary N) is 1. The standard InChI is InChI=1S/C24H23N5O4S/c1-14-4-6-18(12-15(14)2)28-8-9-29-21(23(28)31)26-27-24(29)34-16(3)22(30)25-17-5-7-19-20(13-17)33-11-10-32-19/h4-9,12-13,16H,10-11H2,1-3H3,(H,25,30). The second-order valence-electron chi connectivity index (χ2n) is 8.03. The number of fused-ring (bicyclic) bond motifs is 2. The van der Waals surface area contributed by atoms with E-state index < -0.39 is 5.25 Å². The van der Waals surface area contributed by atoms with Gasteiger partial charge in [-0.15, -0.1) is 10.2 Å². The fraction of sp³-hybridized carbons (Fsp3) is 0.250. The van der Waals surface area contributed by atoms with Crippen molar-refractivity contribution in [3.63, 3.8) is 0 Å². The summed E-state index contributed by atoms with van der Waals surface area (Å²) >= 11 is 1.22. The Bertz CT molecular complexity index is 1460. The first-order valence-electron chi connectivity index (χ1n) is 10.8. The highest BCUT2D eigenvalue weighted by atomic mass is 32.2. The van der Waals surface area contributed by atoms with Crippen molar-refractivity contribution < 1.29 is 14.3 Å². The van der Waals surface area contributed by atoms with Crippen LogP contribution in [-0.4, -0.2) is 43.5 Å². The van der Waals surface area contributed by atoms with Crippen molar-refractivity contribution in [1.29, 1.82) is 0 Å². The van der Waals surface area contributed by atoms with Gasteiger partial charge >= 0.3 is 5.56 Å². The van der Waals surface area contributed by atoms with E-state index in [0.717, 1.165) is 16.8 Å². The molecule has 1 aliphatic heterocycles. The summed E-state index contributed by atoms with van der Waals surface area (Å²) in [4.78, 5) is 25.8. The van der Waals surface area contributed by atoms with E-state index in [0.29, 0.717) is 35.6 Å². The average molecular weight is 478 g/mol. The SMILES string of the molecule is Cc1ccc(-n2ccn3c(SC(C)C(=O)Nc4ccc5c(c4)OCCO5)nnc3c2=O)cc1C. The third-order valence-electron chi connectivity index (χ3n) is 5.67. The molecule has 0 fully saturated rings. The van der Waals surface area contributed by atoms with Gasteiger partial charge in [-0.1, -0.05) is 17.8 Å². The number of carbonyl (C=O) groups excluding carboxylic acids is 1. The summed E-state index contributed by atoms with van der Waals surface area (Å²) in [6.45, 7) is 6.79. The predicted octanol–water partition coefficient (Wildman–Crippen LogP) is 3.39. The second kappa shape index (κ2) is 8.86. The van der Waals surface area contributed by atoms with Crippen molar-refractivity contribution in [3.05, 3.63) is 70.3 Å². The third kappa shape index (κ3) is 4.12. The lowest BCUT2D eigenvalue weighted by Crippen LogP contribution is -2.23. The average Bonchev–Trinajstić information content (AvgIpc) is 3.24. The fourth-order valence-electron chi connectivity index (χ4n) is 3.60. The summed E-state index contributed by atoms with van der Waals surface area (Å²) < 4.78 is 14.2. The van der Waals surface area contributed by atoms with Gasteiger partial charge < -0.3 is 14.8 Å². The number of rotatable bonds is 5. The first-order chi connectivity index (χ1) is 16.4. The molecule has 1 N–H and O–H groups in total. The molecule has 0 saturated carbocycles. The van der Waals surface area contributed by atoms with Crippen LogP contribution in [0.25, 0.3) is 11.3 Å². The maximum absolute atomic E-state index is 13.0. The number of ether oxygens (including phenoxy) is 2. The van der Waals surface area contributed by atoms with Crippen LogP contribution in [0.3, 0.4) is 0 Å². The molecule has 0 spiro atoms. The Morgan fingerprint density at radius 2 is 1.82 bits per heavy atom. The topological polar surface area (TPSA) is 99.8 Å². The molecule has 3 heterocycles. The van der Waals surface area contributed by atoms with E-state index in [4.69, 9.17) is 9.47 Å². The first-order valence-corrected chi connectivity index (χ1v) is 11.7. The maximum Gasteiger partial charge on any atom is 0.300 e. The molecule has 0 aliphatic carbocycles. The van der Waals surface area contributed by atoms with Crippen LogP contribution in [0.2, 0.25) is 0 Å². The molecule has 4 aromatic rings. The molecule has 1 unspecified atom stereocenters. The van der Waals surface area contributed by atoms with Gasteiger partial charge in [-0.3, -0.25) is 18.6 Å². The summed E-state index contributed by atoms with van der Waals surface area (Å²) in [6, 6.07) is 11.1. The van der Waals surface area contributed by atoms with E-state index in [1.807, 2.05) is 32.0 Å². The molecule has 174 valence electrons. The number of carbonyl (C=O) groups is 1. The van der Waals surface area contributed by atoms with Gasteiger partial charge in [0.15, 0.2) is 16.7 Å². The smallest absolute Gasteiger partial charge is 0.300 e. The number of hydrogen-bond donors (Lipinski definition) is 1. The Morgan fingerprint density at radius 1 is 1.03 bits per heavy atom. The van der Waals surface area contributed by atoms with Crippen LogP contribution in [0.5, 0.6) is 11.5 Å². The van der Waals surface area contributed by atoms with Crippen molar-refractivity contribution >= 4 is 29.0 Å². The van der Waals surface area contributed by atoms with Gasteiger partial charge in [0, 0.05) is 29.8 Å². The van der Waals surface area contributed by atoms with Gasteiger partial charge in [-0.05, 0) is 56.2 Å². The number of benzene rings is 2. The van der Waals surface area contributed by atoms with Crippen LogP contribution in [0.4, 0.5) is 5.69 Å². The van der Waals surface area contributed by atoms with E-state index in [2.05, 4.69) is 15.5 Å². The largest absolute Gasteiger partial charge is 0.486 e. The summed E-state index contributed by atoms with van der Waals surface area (Å²) in [7, 11) is 0. The van der Waals surface area contributed by atoms with Crippen molar-refractivity contribution in [3.8, 4) is 17.2 Å². The number of aromatic nitrogens is 4. The molecule has 1 aliphatic rings. The van der Waals surface area contributed by atoms with Gasteiger partial charge in [-0.25, -0.2) is 0 Å². The molecular weight excluding hydrogens is 454 g/mol. The summed E-state index contributed by atoms with van der Waals surface area (Å²) in [5, 5.41) is 11.1. The van der Waals surface area contributed by atoms with Crippen LogP contribution in [0.15, 0.2) is 58.7 Å². The Balaban J connectivity index is 1.34. The van der Waals surface area contributed by atoms with Crippen LogP contribution in [0, 0.1) is 13.8 Å². The van der Waals surface area contributed by atoms with E-state index in [-0.39, 0.29) is 17.1 Å². The molecule has 34 heavy (non-hydrogen) atoms. The fourth-order valence-corrected chi connectivity index (χ4v) is 4.43. The lowest BCUT2D eigenvalue weighted by atomic mass is 10.1. The van der Waals surface area contributed by atoms with Crippen molar-refractivity contribution in [2.75, 3.05) is 18.5 Å². The monoisotopic (exact) mass is 477 g/mol. The lowest BCUT2D eigenvalue weighted by Gasteiger charge is -2.19. The number of amides is 1. The lowest BCUT2D eigenvalue weighted by molar-refractivity contribution is -0.115. The highest BCUT2D eigenvalue weighted by molar-refractivity contribution is 8.00. The minimum Gasteiger partial charge on any atom is -0.486 e. The summed E-state index contributed by atoms with van der Waals surface area (Å²) in [5.74, 6) is 1.06. The molecule has 0 saturated heterocycles. The molecule has 10 heteroatoms. The zero-order chi connectivity index (χ0) is 23.8. The molecule has 1 amide bonds. The third-order valence-corrected chi connectivity index (χ3v) is 6.73. The summed E-state index contributed by atoms with van der Waals surface area (Å²) in [5.41, 5.74) is 3.55. The molecule has 9 nitrogen and oxygen atoms in total. The number of anilines is 1. The number of aryl methyl sites for hydroxylation is 2. The van der Waals surface area contributed by atoms with E-state index >= 15 is 0 Å². The van der Waals surface area contributed by atoms with Crippen molar-refractivity contribution in [2.45, 2.75) is 31.2 Å². The van der Waals surface area contributed by atoms with Crippen LogP contribution in [-0.2, 0) is 4.79 Å². The van der Waals surface area contributed by atoms with Gasteiger partial charge in [0.2, 0.25) is 11.6 Å². The molecule has 5 rings (SSSR count). The van der Waals surface area contributed by atoms with Crippen molar-refractivity contribution in [1.82, 2.24) is 19.2 Å². The Labute approximate surface area is 199 Å². The predicted molar refractivity (Wildman–Crippen MR) is 129 cm³/mol. The number of nitrogens with zero attached hydrogens (tertiary/aromatic N) is 4. The Hall–Kier alpha value is -3.79. The normalized spacial score (nSPS) is 13.6.